The Morgan fingerprint density at radius 3 is 2.70 bits per heavy atom. The molecule has 0 unspecified atom stereocenters. The largest absolute Gasteiger partial charge is 0.366 e. The Hall–Kier alpha value is -3.58. The molecule has 4 rings (SSSR count). The fourth-order valence-electron chi connectivity index (χ4n) is 3.60. The van der Waals surface area contributed by atoms with Crippen molar-refractivity contribution in [1.82, 2.24) is 4.57 Å². The second kappa shape index (κ2) is 6.62. The molecule has 4 nitrogen and oxygen atoms in total. The Balaban J connectivity index is 2.03. The van der Waals surface area contributed by atoms with Crippen molar-refractivity contribution in [1.29, 1.82) is 5.26 Å². The summed E-state index contributed by atoms with van der Waals surface area (Å²) in [6.45, 7) is 2.70. The van der Waals surface area contributed by atoms with Gasteiger partial charge in [-0.1, -0.05) is 31.2 Å². The van der Waals surface area contributed by atoms with E-state index in [2.05, 4.69) is 29.7 Å². The molecule has 1 amide bonds. The van der Waals surface area contributed by atoms with E-state index < -0.39 is 5.91 Å². The van der Waals surface area contributed by atoms with Crippen molar-refractivity contribution < 1.29 is 4.79 Å². The lowest BCUT2D eigenvalue weighted by molar-refractivity contribution is 0.100. The first-order valence-electron chi connectivity index (χ1n) is 8.86. The molecule has 1 heterocycles. The van der Waals surface area contributed by atoms with Gasteiger partial charge in [0.15, 0.2) is 0 Å². The molecule has 3 aromatic carbocycles. The summed E-state index contributed by atoms with van der Waals surface area (Å²) < 4.78 is 2.17. The van der Waals surface area contributed by atoms with Crippen molar-refractivity contribution >= 4 is 27.7 Å². The molecule has 0 aliphatic heterocycles. The molecule has 1 aromatic heterocycles. The zero-order chi connectivity index (χ0) is 19.0. The van der Waals surface area contributed by atoms with Crippen molar-refractivity contribution in [2.75, 3.05) is 0 Å². The van der Waals surface area contributed by atoms with Crippen LogP contribution in [0.1, 0.15) is 34.0 Å². The molecule has 27 heavy (non-hydrogen) atoms. The molecular weight excluding hydrogens is 334 g/mol. The van der Waals surface area contributed by atoms with Crippen LogP contribution in [0, 0.1) is 17.4 Å². The number of amides is 1. The summed E-state index contributed by atoms with van der Waals surface area (Å²) in [5.74, 6) is -0.445. The van der Waals surface area contributed by atoms with Crippen molar-refractivity contribution in [2.24, 2.45) is 5.73 Å². The van der Waals surface area contributed by atoms with Crippen LogP contribution < -0.4 is 5.73 Å². The third-order valence-corrected chi connectivity index (χ3v) is 4.92. The number of nitrogens with two attached hydrogens (primary N) is 1. The molecule has 0 spiro atoms. The van der Waals surface area contributed by atoms with Gasteiger partial charge in [0.2, 0.25) is 5.91 Å². The van der Waals surface area contributed by atoms with Gasteiger partial charge in [0.25, 0.3) is 0 Å². The molecule has 4 heteroatoms. The highest BCUT2D eigenvalue weighted by Crippen LogP contribution is 2.32. The van der Waals surface area contributed by atoms with Crippen molar-refractivity contribution in [3.63, 3.8) is 0 Å². The van der Waals surface area contributed by atoms with E-state index in [1.165, 1.54) is 5.56 Å². The maximum absolute atomic E-state index is 12.0. The lowest BCUT2D eigenvalue weighted by Gasteiger charge is -2.09. The van der Waals surface area contributed by atoms with E-state index in [-0.39, 0.29) is 0 Å². The van der Waals surface area contributed by atoms with Gasteiger partial charge < -0.3 is 10.3 Å². The van der Waals surface area contributed by atoms with Crippen molar-refractivity contribution in [2.45, 2.75) is 19.9 Å². The predicted octanol–water partition coefficient (Wildman–Crippen LogP) is 4.18. The maximum Gasteiger partial charge on any atom is 0.249 e. The fourth-order valence-corrected chi connectivity index (χ4v) is 3.60. The monoisotopic (exact) mass is 352 g/mol. The molecule has 0 aliphatic carbocycles. The fraction of sp³-hybridized carbons (Fsp3) is 0.130. The van der Waals surface area contributed by atoms with Gasteiger partial charge in [0, 0.05) is 22.9 Å². The summed E-state index contributed by atoms with van der Waals surface area (Å²) >= 11 is 0. The summed E-state index contributed by atoms with van der Waals surface area (Å²) in [5.41, 5.74) is 10.9. The number of primary amides is 1. The SMILES string of the molecule is CCc1c[c]c2c3c(C(N)=O)cccc3n(Cc3cccc(C#N)c3)c2c1. The Bertz CT molecular complexity index is 1230. The van der Waals surface area contributed by atoms with Crippen molar-refractivity contribution in [3.05, 3.63) is 82.9 Å². The molecule has 0 aliphatic rings. The number of nitrogens with zero attached hydrogens (tertiary/aromatic N) is 2. The zero-order valence-electron chi connectivity index (χ0n) is 15.0. The number of carbonyl (C=O) groups excluding carboxylic acids is 1. The number of aryl methyl sites for hydroxylation is 1. The Morgan fingerprint density at radius 1 is 1.15 bits per heavy atom. The number of fused-ring (bicyclic) bond motifs is 3. The van der Waals surface area contributed by atoms with Crippen LogP contribution in [-0.2, 0) is 13.0 Å². The minimum atomic E-state index is -0.445. The third-order valence-electron chi connectivity index (χ3n) is 4.92. The second-order valence-electron chi connectivity index (χ2n) is 6.58. The Labute approximate surface area is 157 Å². The first-order chi connectivity index (χ1) is 13.1. The third kappa shape index (κ3) is 2.84. The molecule has 0 bridgehead atoms. The minimum Gasteiger partial charge on any atom is -0.366 e. The van der Waals surface area contributed by atoms with Crippen LogP contribution >= 0.6 is 0 Å². The van der Waals surface area contributed by atoms with Gasteiger partial charge in [0.1, 0.15) is 0 Å². The molecule has 0 fully saturated rings. The van der Waals surface area contributed by atoms with E-state index in [1.807, 2.05) is 36.4 Å². The average Bonchev–Trinajstić information content (AvgIpc) is 3.01. The molecular formula is C23H18N3O. The second-order valence-corrected chi connectivity index (χ2v) is 6.58. The summed E-state index contributed by atoms with van der Waals surface area (Å²) in [5, 5.41) is 10.9. The Kier molecular flexibility index (Phi) is 4.13. The quantitative estimate of drug-likeness (QED) is 0.598. The first kappa shape index (κ1) is 16.9. The van der Waals surface area contributed by atoms with Gasteiger partial charge in [-0.2, -0.15) is 5.26 Å². The van der Waals surface area contributed by atoms with Gasteiger partial charge >= 0.3 is 0 Å². The van der Waals surface area contributed by atoms with Gasteiger partial charge in [-0.3, -0.25) is 4.79 Å². The summed E-state index contributed by atoms with van der Waals surface area (Å²) in [7, 11) is 0. The van der Waals surface area contributed by atoms with Crippen LogP contribution in [0.4, 0.5) is 0 Å². The number of benzene rings is 3. The lowest BCUT2D eigenvalue weighted by Crippen LogP contribution is -2.11. The number of hydrogen-bond acceptors (Lipinski definition) is 2. The maximum atomic E-state index is 12.0. The van der Waals surface area contributed by atoms with Gasteiger partial charge in [-0.25, -0.2) is 0 Å². The highest BCUT2D eigenvalue weighted by molar-refractivity contribution is 6.17. The Morgan fingerprint density at radius 2 is 1.96 bits per heavy atom. The summed E-state index contributed by atoms with van der Waals surface area (Å²) in [6.07, 6.45) is 0.903. The average molecular weight is 352 g/mol. The van der Waals surface area contributed by atoms with E-state index in [9.17, 15) is 10.1 Å². The van der Waals surface area contributed by atoms with Crippen LogP contribution in [0.5, 0.6) is 0 Å². The molecule has 4 aromatic rings. The van der Waals surface area contributed by atoms with Crippen LogP contribution in [0.3, 0.4) is 0 Å². The van der Waals surface area contributed by atoms with Crippen molar-refractivity contribution in [3.8, 4) is 6.07 Å². The predicted molar refractivity (Wildman–Crippen MR) is 106 cm³/mol. The van der Waals surface area contributed by atoms with E-state index in [4.69, 9.17) is 5.73 Å². The van der Waals surface area contributed by atoms with Gasteiger partial charge in [-0.15, -0.1) is 0 Å². The van der Waals surface area contributed by atoms with Crippen LogP contribution in [-0.4, -0.2) is 10.5 Å². The molecule has 1 radical (unpaired) electrons. The van der Waals surface area contributed by atoms with Gasteiger partial charge in [-0.05, 0) is 53.9 Å². The first-order valence-corrected chi connectivity index (χ1v) is 8.86. The highest BCUT2D eigenvalue weighted by atomic mass is 16.1. The van der Waals surface area contributed by atoms with E-state index >= 15 is 0 Å². The number of nitriles is 1. The van der Waals surface area contributed by atoms with Gasteiger partial charge in [0.05, 0.1) is 22.7 Å². The molecule has 0 saturated heterocycles. The lowest BCUT2D eigenvalue weighted by atomic mass is 10.0. The number of aromatic nitrogens is 1. The van der Waals surface area contributed by atoms with E-state index in [1.54, 1.807) is 12.1 Å². The molecule has 2 N–H and O–H groups in total. The standard InChI is InChI=1S/C23H18N3O/c1-2-15-9-10-18-21(12-15)26(14-17-6-3-5-16(11-17)13-24)20-8-4-7-19(22(18)20)23(25)27/h3-9,11-12H,2,14H2,1H3,(H2,25,27). The van der Waals surface area contributed by atoms with Crippen LogP contribution in [0.25, 0.3) is 21.8 Å². The molecule has 0 saturated carbocycles. The normalized spacial score (nSPS) is 11.0. The number of carbonyl (C=O) groups is 1. The highest BCUT2D eigenvalue weighted by Gasteiger charge is 2.17. The number of hydrogen-bond donors (Lipinski definition) is 1. The van der Waals surface area contributed by atoms with E-state index in [0.717, 1.165) is 33.8 Å². The topological polar surface area (TPSA) is 71.8 Å². The van der Waals surface area contributed by atoms with E-state index in [0.29, 0.717) is 17.7 Å². The smallest absolute Gasteiger partial charge is 0.249 e. The zero-order valence-corrected chi connectivity index (χ0v) is 15.0. The number of rotatable bonds is 4. The molecule has 0 atom stereocenters. The van der Waals surface area contributed by atoms with Crippen LogP contribution in [0.2, 0.25) is 0 Å². The minimum absolute atomic E-state index is 0.445. The summed E-state index contributed by atoms with van der Waals surface area (Å²) in [4.78, 5) is 12.0. The van der Waals surface area contributed by atoms with Crippen LogP contribution in [0.15, 0.2) is 54.6 Å². The molecule has 131 valence electrons. The summed E-state index contributed by atoms with van der Waals surface area (Å²) in [6, 6.07) is 22.8.